The molecule has 0 aromatic carbocycles. The summed E-state index contributed by atoms with van der Waals surface area (Å²) < 4.78 is 13.0. The third-order valence-electron chi connectivity index (χ3n) is 3.78. The van der Waals surface area contributed by atoms with Gasteiger partial charge in [0, 0.05) is 31.4 Å². The van der Waals surface area contributed by atoms with Crippen molar-refractivity contribution in [1.29, 1.82) is 0 Å². The van der Waals surface area contributed by atoms with Crippen LogP contribution in [0.5, 0.6) is 0 Å². The highest BCUT2D eigenvalue weighted by atomic mass is 19.1. The minimum absolute atomic E-state index is 0.0729. The number of hydrogen-bond acceptors (Lipinski definition) is 3. The van der Waals surface area contributed by atoms with Gasteiger partial charge >= 0.3 is 0 Å². The summed E-state index contributed by atoms with van der Waals surface area (Å²) >= 11 is 0. The van der Waals surface area contributed by atoms with Gasteiger partial charge in [0.2, 0.25) is 5.91 Å². The summed E-state index contributed by atoms with van der Waals surface area (Å²) in [6.07, 6.45) is 7.81. The van der Waals surface area contributed by atoms with E-state index in [-0.39, 0.29) is 11.9 Å². The Morgan fingerprint density at radius 3 is 3.10 bits per heavy atom. The fourth-order valence-corrected chi connectivity index (χ4v) is 2.66. The Morgan fingerprint density at radius 2 is 2.40 bits per heavy atom. The molecule has 4 nitrogen and oxygen atoms in total. The highest BCUT2D eigenvalue weighted by Crippen LogP contribution is 2.22. The van der Waals surface area contributed by atoms with E-state index in [4.69, 9.17) is 5.73 Å². The van der Waals surface area contributed by atoms with Gasteiger partial charge in [0.05, 0.1) is 6.20 Å². The van der Waals surface area contributed by atoms with Crippen molar-refractivity contribution in [2.75, 3.05) is 13.1 Å². The van der Waals surface area contributed by atoms with Gasteiger partial charge in [0.1, 0.15) is 5.82 Å². The van der Waals surface area contributed by atoms with Gasteiger partial charge in [-0.05, 0) is 36.5 Å². The summed E-state index contributed by atoms with van der Waals surface area (Å²) in [6.45, 7) is 3.33. The summed E-state index contributed by atoms with van der Waals surface area (Å²) in [5.41, 5.74) is 6.35. The first-order chi connectivity index (χ1) is 9.61. The maximum atomic E-state index is 13.0. The minimum Gasteiger partial charge on any atom is -0.335 e. The molecule has 1 aliphatic heterocycles. The molecule has 0 spiro atoms. The van der Waals surface area contributed by atoms with E-state index in [0.29, 0.717) is 18.0 Å². The molecule has 2 heterocycles. The zero-order valence-corrected chi connectivity index (χ0v) is 11.6. The van der Waals surface area contributed by atoms with Gasteiger partial charge in [0.15, 0.2) is 0 Å². The number of amides is 1. The molecular formula is C15H20FN3O. The molecule has 1 amide bonds. The summed E-state index contributed by atoms with van der Waals surface area (Å²) in [4.78, 5) is 17.8. The average molecular weight is 277 g/mol. The first-order valence-corrected chi connectivity index (χ1v) is 6.91. The van der Waals surface area contributed by atoms with Crippen molar-refractivity contribution < 1.29 is 9.18 Å². The minimum atomic E-state index is -0.411. The third kappa shape index (κ3) is 3.42. The lowest BCUT2D eigenvalue weighted by molar-refractivity contribution is -0.130. The lowest BCUT2D eigenvalue weighted by atomic mass is 9.90. The van der Waals surface area contributed by atoms with E-state index in [0.717, 1.165) is 25.6 Å². The molecule has 1 aromatic rings. The number of pyridine rings is 1. The van der Waals surface area contributed by atoms with Gasteiger partial charge in [-0.1, -0.05) is 6.92 Å². The van der Waals surface area contributed by atoms with E-state index in [9.17, 15) is 9.18 Å². The van der Waals surface area contributed by atoms with Crippen LogP contribution in [0.2, 0.25) is 0 Å². The normalized spacial score (nSPS) is 23.2. The predicted molar refractivity (Wildman–Crippen MR) is 76.2 cm³/mol. The van der Waals surface area contributed by atoms with Gasteiger partial charge in [-0.15, -0.1) is 0 Å². The van der Waals surface area contributed by atoms with Gasteiger partial charge in [0.25, 0.3) is 0 Å². The van der Waals surface area contributed by atoms with Crippen LogP contribution in [0.1, 0.15) is 25.3 Å². The molecule has 2 N–H and O–H groups in total. The van der Waals surface area contributed by atoms with Crippen molar-refractivity contribution in [3.63, 3.8) is 0 Å². The van der Waals surface area contributed by atoms with Crippen LogP contribution in [0.15, 0.2) is 24.5 Å². The molecule has 2 atom stereocenters. The van der Waals surface area contributed by atoms with Crippen molar-refractivity contribution in [3.8, 4) is 0 Å². The molecule has 2 unspecified atom stereocenters. The van der Waals surface area contributed by atoms with Crippen LogP contribution < -0.4 is 5.73 Å². The van der Waals surface area contributed by atoms with Gasteiger partial charge in [-0.2, -0.15) is 0 Å². The number of rotatable bonds is 3. The predicted octanol–water partition coefficient (Wildman–Crippen LogP) is 1.82. The van der Waals surface area contributed by atoms with Crippen LogP contribution in [0.4, 0.5) is 4.39 Å². The molecular weight excluding hydrogens is 257 g/mol. The fraction of sp³-hybridized carbons (Fsp3) is 0.467. The van der Waals surface area contributed by atoms with E-state index < -0.39 is 5.82 Å². The Bertz CT molecular complexity index is 504. The van der Waals surface area contributed by atoms with Crippen molar-refractivity contribution in [2.45, 2.75) is 25.8 Å². The van der Waals surface area contributed by atoms with Crippen molar-refractivity contribution in [1.82, 2.24) is 9.88 Å². The van der Waals surface area contributed by atoms with Gasteiger partial charge in [-0.25, -0.2) is 4.39 Å². The second kappa shape index (κ2) is 6.61. The Labute approximate surface area is 118 Å². The second-order valence-corrected chi connectivity index (χ2v) is 5.22. The number of nitrogens with two attached hydrogens (primary N) is 1. The monoisotopic (exact) mass is 277 g/mol. The number of aromatic nitrogens is 1. The molecule has 2 rings (SSSR count). The van der Waals surface area contributed by atoms with Crippen molar-refractivity contribution >= 4 is 12.0 Å². The number of carbonyl (C=O) groups is 1. The second-order valence-electron chi connectivity index (χ2n) is 5.22. The molecule has 108 valence electrons. The average Bonchev–Trinajstić information content (AvgIpc) is 2.44. The molecule has 1 saturated heterocycles. The maximum Gasteiger partial charge on any atom is 0.246 e. The first kappa shape index (κ1) is 14.7. The molecule has 0 saturated carbocycles. The zero-order valence-electron chi connectivity index (χ0n) is 11.6. The van der Waals surface area contributed by atoms with Crippen LogP contribution >= 0.6 is 0 Å². The number of likely N-dealkylation sites (tertiary alicyclic amines) is 1. The number of hydrogen-bond donors (Lipinski definition) is 1. The number of piperidine rings is 1. The lowest BCUT2D eigenvalue weighted by Crippen LogP contribution is -2.50. The van der Waals surface area contributed by atoms with Gasteiger partial charge < -0.3 is 10.6 Å². The smallest absolute Gasteiger partial charge is 0.246 e. The Hall–Kier alpha value is -1.75. The molecule has 1 aliphatic rings. The van der Waals surface area contributed by atoms with Crippen molar-refractivity contribution in [2.24, 2.45) is 11.7 Å². The third-order valence-corrected chi connectivity index (χ3v) is 3.78. The molecule has 0 aliphatic carbocycles. The zero-order chi connectivity index (χ0) is 14.5. The fourth-order valence-electron chi connectivity index (χ4n) is 2.66. The number of carbonyl (C=O) groups excluding carboxylic acids is 1. The Kier molecular flexibility index (Phi) is 4.84. The molecule has 1 aromatic heterocycles. The molecule has 1 fully saturated rings. The number of halogens is 1. The van der Waals surface area contributed by atoms with E-state index in [1.165, 1.54) is 18.3 Å². The molecule has 5 heteroatoms. The summed E-state index contributed by atoms with van der Waals surface area (Å²) in [5, 5.41) is 0. The van der Waals surface area contributed by atoms with Crippen LogP contribution in [0, 0.1) is 11.7 Å². The lowest BCUT2D eigenvalue weighted by Gasteiger charge is -2.38. The Morgan fingerprint density at radius 1 is 1.60 bits per heavy atom. The summed E-state index contributed by atoms with van der Waals surface area (Å²) in [6, 6.07) is 1.43. The van der Waals surface area contributed by atoms with Crippen molar-refractivity contribution in [3.05, 3.63) is 35.9 Å². The van der Waals surface area contributed by atoms with E-state index >= 15 is 0 Å². The molecule has 0 radical (unpaired) electrons. The van der Waals surface area contributed by atoms with E-state index in [1.54, 1.807) is 6.08 Å². The Balaban J connectivity index is 2.07. The van der Waals surface area contributed by atoms with Crippen LogP contribution in [-0.2, 0) is 4.79 Å². The highest BCUT2D eigenvalue weighted by Gasteiger charge is 2.29. The topological polar surface area (TPSA) is 59.2 Å². The van der Waals surface area contributed by atoms with E-state index in [1.807, 2.05) is 4.90 Å². The molecule has 20 heavy (non-hydrogen) atoms. The van der Waals surface area contributed by atoms with Gasteiger partial charge in [-0.3, -0.25) is 9.78 Å². The largest absolute Gasteiger partial charge is 0.335 e. The SMILES string of the molecule is CC1CCCN(C(=O)C=Cc2cncc(F)c2)C1CN. The summed E-state index contributed by atoms with van der Waals surface area (Å²) in [7, 11) is 0. The van der Waals surface area contributed by atoms with E-state index in [2.05, 4.69) is 11.9 Å². The highest BCUT2D eigenvalue weighted by molar-refractivity contribution is 5.92. The first-order valence-electron chi connectivity index (χ1n) is 6.91. The van der Waals surface area contributed by atoms with Crippen LogP contribution in [0.25, 0.3) is 6.08 Å². The summed E-state index contributed by atoms with van der Waals surface area (Å²) in [5.74, 6) is -0.0655. The van der Waals surface area contributed by atoms with Crippen LogP contribution in [-0.4, -0.2) is 34.9 Å². The number of nitrogens with zero attached hydrogens (tertiary/aromatic N) is 2. The maximum absolute atomic E-state index is 13.0. The standard InChI is InChI=1S/C15H20FN3O/c1-11-3-2-6-19(14(11)8-17)15(20)5-4-12-7-13(16)10-18-9-12/h4-5,7,9-11,14H,2-3,6,8,17H2,1H3. The van der Waals surface area contributed by atoms with Crippen LogP contribution in [0.3, 0.4) is 0 Å². The molecule has 0 bridgehead atoms. The quantitative estimate of drug-likeness (QED) is 0.857.